The molecular formula is C24H29N5OS. The summed E-state index contributed by atoms with van der Waals surface area (Å²) in [5.74, 6) is 1.08. The van der Waals surface area contributed by atoms with Gasteiger partial charge in [0, 0.05) is 38.6 Å². The van der Waals surface area contributed by atoms with Crippen molar-refractivity contribution in [1.29, 1.82) is 0 Å². The molecule has 0 radical (unpaired) electrons. The van der Waals surface area contributed by atoms with E-state index in [1.165, 1.54) is 5.56 Å². The maximum atomic E-state index is 13.2. The number of benzene rings is 1. The van der Waals surface area contributed by atoms with Crippen LogP contribution in [0.3, 0.4) is 0 Å². The molecule has 1 amide bonds. The zero-order valence-corrected chi connectivity index (χ0v) is 18.6. The standard InChI is InChI=1S/C24H29N5OS/c30-22(27-15-10-20(11-16-27)17-19-7-2-1-3-8-19)21-9-6-14-29(18-21)24-26-25-23(31-24)28-12-4-5-13-28/h1-5,7-8,12-13,20-21H,6,9-11,14-18H2/t21-/m1/s1. The molecule has 162 valence electrons. The van der Waals surface area contributed by atoms with E-state index in [0.717, 1.165) is 68.5 Å². The average molecular weight is 436 g/mol. The molecule has 1 atom stereocenters. The lowest BCUT2D eigenvalue weighted by Crippen LogP contribution is -2.47. The van der Waals surface area contributed by atoms with Crippen molar-refractivity contribution in [3.8, 4) is 5.13 Å². The van der Waals surface area contributed by atoms with E-state index in [1.807, 2.05) is 29.1 Å². The third kappa shape index (κ3) is 4.66. The van der Waals surface area contributed by atoms with E-state index in [2.05, 4.69) is 50.3 Å². The highest BCUT2D eigenvalue weighted by Crippen LogP contribution is 2.30. The number of likely N-dealkylation sites (tertiary alicyclic amines) is 1. The van der Waals surface area contributed by atoms with Crippen LogP contribution in [0.15, 0.2) is 54.9 Å². The quantitative estimate of drug-likeness (QED) is 0.607. The largest absolute Gasteiger partial charge is 0.346 e. The second kappa shape index (κ2) is 9.22. The lowest BCUT2D eigenvalue weighted by molar-refractivity contribution is -0.137. The predicted molar refractivity (Wildman–Crippen MR) is 124 cm³/mol. The molecule has 2 saturated heterocycles. The highest BCUT2D eigenvalue weighted by molar-refractivity contribution is 7.17. The Hall–Kier alpha value is -2.67. The van der Waals surface area contributed by atoms with Crippen molar-refractivity contribution in [3.63, 3.8) is 0 Å². The molecule has 7 heteroatoms. The molecule has 0 aliphatic carbocycles. The lowest BCUT2D eigenvalue weighted by atomic mass is 9.89. The fraction of sp³-hybridized carbons (Fsp3) is 0.458. The minimum absolute atomic E-state index is 0.0679. The van der Waals surface area contributed by atoms with Gasteiger partial charge >= 0.3 is 0 Å². The average Bonchev–Trinajstić information content (AvgIpc) is 3.52. The van der Waals surface area contributed by atoms with E-state index in [0.29, 0.717) is 11.8 Å². The van der Waals surface area contributed by atoms with Crippen LogP contribution >= 0.6 is 11.3 Å². The SMILES string of the molecule is O=C([C@@H]1CCCN(c2nnc(-n3cccc3)s2)C1)N1CCC(Cc2ccccc2)CC1. The number of piperidine rings is 2. The topological polar surface area (TPSA) is 54.3 Å². The van der Waals surface area contributed by atoms with E-state index in [-0.39, 0.29) is 5.92 Å². The lowest BCUT2D eigenvalue weighted by Gasteiger charge is -2.37. The van der Waals surface area contributed by atoms with E-state index in [9.17, 15) is 4.79 Å². The van der Waals surface area contributed by atoms with Crippen molar-refractivity contribution in [3.05, 3.63) is 60.4 Å². The number of anilines is 1. The number of hydrogen-bond acceptors (Lipinski definition) is 5. The molecule has 0 spiro atoms. The summed E-state index contributed by atoms with van der Waals surface area (Å²) in [6.45, 7) is 3.49. The molecule has 1 aromatic carbocycles. The summed E-state index contributed by atoms with van der Waals surface area (Å²) in [4.78, 5) is 17.6. The van der Waals surface area contributed by atoms with Crippen LogP contribution in [-0.2, 0) is 11.2 Å². The van der Waals surface area contributed by atoms with Crippen molar-refractivity contribution < 1.29 is 4.79 Å². The molecule has 2 aromatic heterocycles. The second-order valence-electron chi connectivity index (χ2n) is 8.70. The Kier molecular flexibility index (Phi) is 6.02. The van der Waals surface area contributed by atoms with Crippen LogP contribution in [0.5, 0.6) is 0 Å². The summed E-state index contributed by atoms with van der Waals surface area (Å²) >= 11 is 1.59. The van der Waals surface area contributed by atoms with Gasteiger partial charge in [-0.15, -0.1) is 10.2 Å². The molecule has 4 heterocycles. The Bertz CT molecular complexity index is 979. The molecule has 2 aliphatic heterocycles. The molecule has 31 heavy (non-hydrogen) atoms. The Balaban J connectivity index is 1.16. The van der Waals surface area contributed by atoms with Crippen molar-refractivity contribution in [2.75, 3.05) is 31.1 Å². The summed E-state index contributed by atoms with van der Waals surface area (Å²) in [7, 11) is 0. The van der Waals surface area contributed by atoms with Gasteiger partial charge < -0.3 is 9.80 Å². The number of nitrogens with zero attached hydrogens (tertiary/aromatic N) is 5. The molecule has 5 rings (SSSR count). The Morgan fingerprint density at radius 3 is 2.45 bits per heavy atom. The van der Waals surface area contributed by atoms with Crippen LogP contribution in [0.25, 0.3) is 5.13 Å². The third-order valence-electron chi connectivity index (χ3n) is 6.56. The summed E-state index contributed by atoms with van der Waals surface area (Å²) in [6.07, 6.45) is 9.30. The van der Waals surface area contributed by atoms with Gasteiger partial charge in [0.15, 0.2) is 0 Å². The highest BCUT2D eigenvalue weighted by atomic mass is 32.1. The van der Waals surface area contributed by atoms with Gasteiger partial charge in [0.1, 0.15) is 0 Å². The Morgan fingerprint density at radius 1 is 0.935 bits per heavy atom. The van der Waals surface area contributed by atoms with Gasteiger partial charge in [-0.05, 0) is 55.7 Å². The maximum absolute atomic E-state index is 13.2. The van der Waals surface area contributed by atoms with Crippen molar-refractivity contribution in [1.82, 2.24) is 19.7 Å². The molecule has 2 fully saturated rings. The minimum Gasteiger partial charge on any atom is -0.346 e. The van der Waals surface area contributed by atoms with Crippen molar-refractivity contribution >= 4 is 22.4 Å². The zero-order chi connectivity index (χ0) is 21.0. The summed E-state index contributed by atoms with van der Waals surface area (Å²) in [5, 5.41) is 10.5. The van der Waals surface area contributed by atoms with Crippen LogP contribution in [0.2, 0.25) is 0 Å². The van der Waals surface area contributed by atoms with Gasteiger partial charge in [-0.3, -0.25) is 9.36 Å². The number of aromatic nitrogens is 3. The number of rotatable bonds is 5. The number of amides is 1. The zero-order valence-electron chi connectivity index (χ0n) is 17.8. The Labute approximate surface area is 187 Å². The van der Waals surface area contributed by atoms with E-state index in [4.69, 9.17) is 0 Å². The molecule has 6 nitrogen and oxygen atoms in total. The molecular weight excluding hydrogens is 406 g/mol. The molecule has 0 N–H and O–H groups in total. The molecule has 0 bridgehead atoms. The fourth-order valence-electron chi connectivity index (χ4n) is 4.82. The Morgan fingerprint density at radius 2 is 1.68 bits per heavy atom. The van der Waals surface area contributed by atoms with E-state index >= 15 is 0 Å². The number of hydrogen-bond donors (Lipinski definition) is 0. The smallest absolute Gasteiger partial charge is 0.227 e. The van der Waals surface area contributed by atoms with Crippen molar-refractivity contribution in [2.24, 2.45) is 11.8 Å². The van der Waals surface area contributed by atoms with Crippen LogP contribution in [0, 0.1) is 11.8 Å². The van der Waals surface area contributed by atoms with Crippen LogP contribution in [0.4, 0.5) is 5.13 Å². The normalized spacial score (nSPS) is 20.2. The maximum Gasteiger partial charge on any atom is 0.227 e. The minimum atomic E-state index is 0.0679. The van der Waals surface area contributed by atoms with Gasteiger partial charge in [0.05, 0.1) is 5.92 Å². The molecule has 3 aromatic rings. The predicted octanol–water partition coefficient (Wildman–Crippen LogP) is 4.03. The number of carbonyl (C=O) groups excluding carboxylic acids is 1. The van der Waals surface area contributed by atoms with Gasteiger partial charge in [-0.1, -0.05) is 41.7 Å². The molecule has 2 aliphatic rings. The highest BCUT2D eigenvalue weighted by Gasteiger charge is 2.32. The van der Waals surface area contributed by atoms with Gasteiger partial charge in [-0.25, -0.2) is 0 Å². The third-order valence-corrected chi connectivity index (χ3v) is 7.56. The molecule has 0 unspecified atom stereocenters. The van der Waals surface area contributed by atoms with E-state index in [1.54, 1.807) is 11.3 Å². The monoisotopic (exact) mass is 435 g/mol. The first-order chi connectivity index (χ1) is 15.3. The first-order valence-corrected chi connectivity index (χ1v) is 12.1. The summed E-state index contributed by atoms with van der Waals surface area (Å²) in [6, 6.07) is 14.7. The fourth-order valence-corrected chi connectivity index (χ4v) is 5.67. The first-order valence-electron chi connectivity index (χ1n) is 11.3. The summed E-state index contributed by atoms with van der Waals surface area (Å²) in [5.41, 5.74) is 1.41. The van der Waals surface area contributed by atoms with Gasteiger partial charge in [0.2, 0.25) is 16.2 Å². The van der Waals surface area contributed by atoms with Gasteiger partial charge in [0.25, 0.3) is 0 Å². The first kappa shape index (κ1) is 20.2. The van der Waals surface area contributed by atoms with E-state index < -0.39 is 0 Å². The van der Waals surface area contributed by atoms with Gasteiger partial charge in [-0.2, -0.15) is 0 Å². The van der Waals surface area contributed by atoms with Crippen molar-refractivity contribution in [2.45, 2.75) is 32.1 Å². The summed E-state index contributed by atoms with van der Waals surface area (Å²) < 4.78 is 1.98. The van der Waals surface area contributed by atoms with Crippen LogP contribution in [0.1, 0.15) is 31.2 Å². The molecule has 0 saturated carbocycles. The van der Waals surface area contributed by atoms with Crippen LogP contribution in [-0.4, -0.2) is 51.8 Å². The number of carbonyl (C=O) groups is 1. The second-order valence-corrected chi connectivity index (χ2v) is 9.64. The van der Waals surface area contributed by atoms with Crippen LogP contribution < -0.4 is 4.90 Å².